The molecule has 0 saturated carbocycles. The molecule has 11 heteroatoms. The van der Waals surface area contributed by atoms with Crippen LogP contribution in [0.2, 0.25) is 5.02 Å². The van der Waals surface area contributed by atoms with E-state index >= 15 is 0 Å². The van der Waals surface area contributed by atoms with Crippen LogP contribution in [0.3, 0.4) is 0 Å². The van der Waals surface area contributed by atoms with E-state index in [1.165, 1.54) is 0 Å². The number of benzene rings is 2. The maximum atomic E-state index is 12.4. The summed E-state index contributed by atoms with van der Waals surface area (Å²) in [5.41, 5.74) is 6.76. The topological polar surface area (TPSA) is 113 Å². The van der Waals surface area contributed by atoms with Gasteiger partial charge in [0.1, 0.15) is 24.3 Å². The molecule has 0 aliphatic carbocycles. The van der Waals surface area contributed by atoms with Crippen molar-refractivity contribution < 1.29 is 19.1 Å². The van der Waals surface area contributed by atoms with Gasteiger partial charge in [-0.2, -0.15) is 5.10 Å². The number of carbonyl (C=O) groups excluding carboxylic acids is 1. The summed E-state index contributed by atoms with van der Waals surface area (Å²) in [5.74, 6) is 1.44. The van der Waals surface area contributed by atoms with Gasteiger partial charge in [-0.05, 0) is 42.5 Å². The molecule has 1 unspecified atom stereocenters. The first-order valence-electron chi connectivity index (χ1n) is 13.4. The SMILES string of the molecule is CC(C)(C)C1=CC(NC(=O)Nc2ccc(-c3cc(-c4ccc(OCCN5CCOCC5)c(Cl)c4)[nH]n3)cc2)NO1. The second-order valence-corrected chi connectivity index (χ2v) is 11.2. The van der Waals surface area contributed by atoms with Gasteiger partial charge in [0, 0.05) is 41.9 Å². The van der Waals surface area contributed by atoms with Crippen molar-refractivity contribution in [3.8, 4) is 28.3 Å². The number of aromatic nitrogens is 2. The Morgan fingerprint density at radius 1 is 1.12 bits per heavy atom. The van der Waals surface area contributed by atoms with Crippen LogP contribution in [-0.4, -0.2) is 66.7 Å². The van der Waals surface area contributed by atoms with E-state index < -0.39 is 6.17 Å². The summed E-state index contributed by atoms with van der Waals surface area (Å²) in [5, 5.41) is 13.8. The molecule has 3 heterocycles. The Morgan fingerprint density at radius 2 is 1.88 bits per heavy atom. The fraction of sp³-hybridized carbons (Fsp3) is 0.379. The second-order valence-electron chi connectivity index (χ2n) is 10.8. The van der Waals surface area contributed by atoms with Crippen LogP contribution in [0.25, 0.3) is 22.5 Å². The number of amides is 2. The third-order valence-electron chi connectivity index (χ3n) is 6.67. The van der Waals surface area contributed by atoms with Crippen LogP contribution in [-0.2, 0) is 9.57 Å². The molecule has 40 heavy (non-hydrogen) atoms. The van der Waals surface area contributed by atoms with Crippen LogP contribution < -0.4 is 20.9 Å². The number of H-pyrrole nitrogens is 1. The van der Waals surface area contributed by atoms with Crippen LogP contribution in [0.15, 0.2) is 60.4 Å². The van der Waals surface area contributed by atoms with Crippen LogP contribution in [0.4, 0.5) is 10.5 Å². The van der Waals surface area contributed by atoms with Gasteiger partial charge in [-0.25, -0.2) is 4.79 Å². The van der Waals surface area contributed by atoms with Crippen molar-refractivity contribution in [2.24, 2.45) is 5.41 Å². The lowest BCUT2D eigenvalue weighted by Gasteiger charge is -2.26. The molecule has 2 aromatic carbocycles. The Morgan fingerprint density at radius 3 is 2.58 bits per heavy atom. The van der Waals surface area contributed by atoms with Gasteiger partial charge in [0.25, 0.3) is 0 Å². The highest BCUT2D eigenvalue weighted by Crippen LogP contribution is 2.32. The molecule has 3 aromatic rings. The van der Waals surface area contributed by atoms with Crippen molar-refractivity contribution in [1.82, 2.24) is 25.9 Å². The molecule has 1 saturated heterocycles. The number of anilines is 1. The standard InChI is InChI=1S/C29H35ClN6O4/c1-29(2,3)26-18-27(35-40-26)32-28(37)31-21-7-4-19(5-8-21)23-17-24(34-33-23)20-6-9-25(22(30)16-20)39-15-12-36-10-13-38-14-11-36/h4-9,16-18,27,35H,10-15H2,1-3H3,(H,33,34)(H2,31,32,37). The highest BCUT2D eigenvalue weighted by atomic mass is 35.5. The largest absolute Gasteiger partial charge is 0.491 e. The Bertz CT molecular complexity index is 1350. The zero-order chi connectivity index (χ0) is 28.1. The van der Waals surface area contributed by atoms with Crippen LogP contribution in [0, 0.1) is 5.41 Å². The molecule has 10 nitrogen and oxygen atoms in total. The zero-order valence-electron chi connectivity index (χ0n) is 22.9. The van der Waals surface area contributed by atoms with Crippen LogP contribution in [0.5, 0.6) is 5.75 Å². The molecule has 1 aromatic heterocycles. The lowest BCUT2D eigenvalue weighted by atomic mass is 9.94. The number of hydrogen-bond donors (Lipinski definition) is 4. The first-order chi connectivity index (χ1) is 19.2. The average Bonchev–Trinajstić information content (AvgIpc) is 3.61. The number of hydrogen-bond acceptors (Lipinski definition) is 7. The molecule has 4 N–H and O–H groups in total. The summed E-state index contributed by atoms with van der Waals surface area (Å²) in [6.45, 7) is 10.9. The quantitative estimate of drug-likeness (QED) is 0.303. The van der Waals surface area contributed by atoms with Gasteiger partial charge in [0.15, 0.2) is 0 Å². The van der Waals surface area contributed by atoms with Gasteiger partial charge in [0.2, 0.25) is 0 Å². The Balaban J connectivity index is 1.14. The molecular weight excluding hydrogens is 532 g/mol. The first kappa shape index (κ1) is 28.0. The average molecular weight is 567 g/mol. The highest BCUT2D eigenvalue weighted by Gasteiger charge is 2.27. The summed E-state index contributed by atoms with van der Waals surface area (Å²) in [7, 11) is 0. The monoisotopic (exact) mass is 566 g/mol. The van der Waals surface area contributed by atoms with E-state index in [2.05, 4.69) is 31.2 Å². The molecule has 0 spiro atoms. The second kappa shape index (κ2) is 12.3. The number of nitrogens with one attached hydrogen (secondary N) is 4. The maximum absolute atomic E-state index is 12.4. The van der Waals surface area contributed by atoms with Crippen molar-refractivity contribution in [1.29, 1.82) is 0 Å². The van der Waals surface area contributed by atoms with Gasteiger partial charge in [-0.15, -0.1) is 5.48 Å². The molecular formula is C29H35ClN6O4. The number of urea groups is 1. The normalized spacial score (nSPS) is 17.7. The Kier molecular flexibility index (Phi) is 8.60. The molecule has 2 amide bonds. The molecule has 0 radical (unpaired) electrons. The summed E-state index contributed by atoms with van der Waals surface area (Å²) in [6, 6.07) is 14.8. The van der Waals surface area contributed by atoms with Crippen molar-refractivity contribution in [3.05, 3.63) is 65.4 Å². The van der Waals surface area contributed by atoms with Gasteiger partial charge in [0.05, 0.1) is 29.6 Å². The minimum Gasteiger partial charge on any atom is -0.491 e. The summed E-state index contributed by atoms with van der Waals surface area (Å²) < 4.78 is 11.3. The fourth-order valence-corrected chi connectivity index (χ4v) is 4.60. The maximum Gasteiger partial charge on any atom is 0.320 e. The van der Waals surface area contributed by atoms with Gasteiger partial charge < -0.3 is 24.9 Å². The third kappa shape index (κ3) is 7.14. The lowest BCUT2D eigenvalue weighted by Crippen LogP contribution is -2.43. The lowest BCUT2D eigenvalue weighted by molar-refractivity contribution is 0.0322. The number of rotatable bonds is 8. The summed E-state index contributed by atoms with van der Waals surface area (Å²) in [6.07, 6.45) is 1.46. The van der Waals surface area contributed by atoms with Crippen molar-refractivity contribution in [2.45, 2.75) is 26.9 Å². The summed E-state index contributed by atoms with van der Waals surface area (Å²) in [4.78, 5) is 20.2. The number of morpholine rings is 1. The van der Waals surface area contributed by atoms with Crippen molar-refractivity contribution in [2.75, 3.05) is 44.8 Å². The number of allylic oxidation sites excluding steroid dienone is 1. The van der Waals surface area contributed by atoms with E-state index in [0.717, 1.165) is 61.1 Å². The fourth-order valence-electron chi connectivity index (χ4n) is 4.37. The smallest absolute Gasteiger partial charge is 0.320 e. The number of ether oxygens (including phenoxy) is 2. The summed E-state index contributed by atoms with van der Waals surface area (Å²) >= 11 is 6.52. The van der Waals surface area contributed by atoms with Crippen LogP contribution in [0.1, 0.15) is 20.8 Å². The molecule has 212 valence electrons. The number of halogens is 1. The van der Waals surface area contributed by atoms with Gasteiger partial charge in [-0.3, -0.25) is 10.00 Å². The number of nitrogens with zero attached hydrogens (tertiary/aromatic N) is 2. The number of aromatic amines is 1. The van der Waals surface area contributed by atoms with Crippen LogP contribution >= 0.6 is 11.6 Å². The van der Waals surface area contributed by atoms with Gasteiger partial charge >= 0.3 is 6.03 Å². The number of hydroxylamine groups is 1. The minimum absolute atomic E-state index is 0.144. The van der Waals surface area contributed by atoms with E-state index in [9.17, 15) is 4.79 Å². The highest BCUT2D eigenvalue weighted by molar-refractivity contribution is 6.32. The predicted molar refractivity (Wildman–Crippen MR) is 155 cm³/mol. The Labute approximate surface area is 239 Å². The van der Waals surface area contributed by atoms with E-state index in [4.69, 9.17) is 25.9 Å². The zero-order valence-corrected chi connectivity index (χ0v) is 23.7. The van der Waals surface area contributed by atoms with E-state index in [0.29, 0.717) is 23.1 Å². The third-order valence-corrected chi connectivity index (χ3v) is 6.96. The predicted octanol–water partition coefficient (Wildman–Crippen LogP) is 5.02. The van der Waals surface area contributed by atoms with E-state index in [1.54, 1.807) is 0 Å². The molecule has 2 aliphatic rings. The molecule has 1 fully saturated rings. The first-order valence-corrected chi connectivity index (χ1v) is 13.7. The van der Waals surface area contributed by atoms with E-state index in [-0.39, 0.29) is 11.4 Å². The molecule has 0 bridgehead atoms. The molecule has 2 aliphatic heterocycles. The van der Waals surface area contributed by atoms with Crippen molar-refractivity contribution >= 4 is 23.3 Å². The molecule has 1 atom stereocenters. The van der Waals surface area contributed by atoms with E-state index in [1.807, 2.05) is 75.4 Å². The molecule has 5 rings (SSSR count). The number of carbonyl (C=O) groups is 1. The minimum atomic E-state index is -0.403. The Hall–Kier alpha value is -3.57. The van der Waals surface area contributed by atoms with Gasteiger partial charge in [-0.1, -0.05) is 44.5 Å². The van der Waals surface area contributed by atoms with Crippen molar-refractivity contribution in [3.63, 3.8) is 0 Å².